The van der Waals surface area contributed by atoms with Crippen molar-refractivity contribution in [3.63, 3.8) is 0 Å². The van der Waals surface area contributed by atoms with Crippen molar-refractivity contribution in [2.75, 3.05) is 13.1 Å². The smallest absolute Gasteiger partial charge is 0.0221 e. The first-order chi connectivity index (χ1) is 5.74. The van der Waals surface area contributed by atoms with E-state index in [1.54, 1.807) is 0 Å². The molecule has 0 aromatic heterocycles. The van der Waals surface area contributed by atoms with Gasteiger partial charge in [0.25, 0.3) is 0 Å². The van der Waals surface area contributed by atoms with E-state index in [0.29, 0.717) is 6.04 Å². The van der Waals surface area contributed by atoms with Gasteiger partial charge < -0.3 is 11.1 Å². The number of rotatable bonds is 5. The van der Waals surface area contributed by atoms with Crippen LogP contribution in [0.2, 0.25) is 0 Å². The van der Waals surface area contributed by atoms with E-state index in [9.17, 15) is 0 Å². The lowest BCUT2D eigenvalue weighted by Crippen LogP contribution is -2.45. The van der Waals surface area contributed by atoms with Crippen molar-refractivity contribution < 1.29 is 0 Å². The molecule has 1 fully saturated rings. The molecule has 1 atom stereocenters. The van der Waals surface area contributed by atoms with Crippen molar-refractivity contribution >= 4 is 0 Å². The Morgan fingerprint density at radius 3 is 2.67 bits per heavy atom. The summed E-state index contributed by atoms with van der Waals surface area (Å²) < 4.78 is 0. The molecule has 2 nitrogen and oxygen atoms in total. The summed E-state index contributed by atoms with van der Waals surface area (Å²) in [5.41, 5.74) is 6.86. The highest BCUT2D eigenvalue weighted by molar-refractivity contribution is 4.94. The van der Waals surface area contributed by atoms with Crippen molar-refractivity contribution in [2.45, 2.75) is 32.2 Å². The first-order valence-electron chi connectivity index (χ1n) is 4.82. The molecule has 0 amide bonds. The normalized spacial score (nSPS) is 20.2. The summed E-state index contributed by atoms with van der Waals surface area (Å²) in [6, 6.07) is 0.524. The molecule has 70 valence electrons. The Hall–Kier alpha value is -0.340. The van der Waals surface area contributed by atoms with Crippen LogP contribution in [0.15, 0.2) is 12.2 Å². The van der Waals surface area contributed by atoms with Crippen LogP contribution in [0.5, 0.6) is 0 Å². The molecule has 0 spiro atoms. The predicted octanol–water partition coefficient (Wildman–Crippen LogP) is 1.28. The maximum absolute atomic E-state index is 5.68. The molecule has 0 heterocycles. The second kappa shape index (κ2) is 4.63. The Morgan fingerprint density at radius 2 is 2.33 bits per heavy atom. The van der Waals surface area contributed by atoms with Gasteiger partial charge in [0.1, 0.15) is 0 Å². The minimum absolute atomic E-state index is 0.524. The molecule has 0 saturated heterocycles. The minimum Gasteiger partial charge on any atom is -0.329 e. The monoisotopic (exact) mass is 168 g/mol. The lowest BCUT2D eigenvalue weighted by molar-refractivity contribution is 0.236. The third kappa shape index (κ3) is 2.61. The molecule has 1 rings (SSSR count). The third-order valence-electron chi connectivity index (χ3n) is 2.64. The quantitative estimate of drug-likeness (QED) is 0.607. The molecule has 0 radical (unpaired) electrons. The van der Waals surface area contributed by atoms with Crippen molar-refractivity contribution in [3.8, 4) is 0 Å². The van der Waals surface area contributed by atoms with Gasteiger partial charge in [0.05, 0.1) is 0 Å². The first-order valence-corrected chi connectivity index (χ1v) is 4.82. The van der Waals surface area contributed by atoms with Gasteiger partial charge in [0.15, 0.2) is 0 Å². The van der Waals surface area contributed by atoms with E-state index in [1.807, 2.05) is 6.92 Å². The average molecular weight is 168 g/mol. The summed E-state index contributed by atoms with van der Waals surface area (Å²) in [5, 5.41) is 3.45. The Labute approximate surface area is 75.2 Å². The van der Waals surface area contributed by atoms with Crippen LogP contribution >= 0.6 is 0 Å². The van der Waals surface area contributed by atoms with Gasteiger partial charge in [-0.3, -0.25) is 0 Å². The van der Waals surface area contributed by atoms with Crippen molar-refractivity contribution in [1.29, 1.82) is 0 Å². The van der Waals surface area contributed by atoms with Crippen LogP contribution in [0.4, 0.5) is 0 Å². The fourth-order valence-corrected chi connectivity index (χ4v) is 1.59. The van der Waals surface area contributed by atoms with E-state index >= 15 is 0 Å². The summed E-state index contributed by atoms with van der Waals surface area (Å²) in [4.78, 5) is 0. The average Bonchev–Trinajstić information content (AvgIpc) is 1.93. The summed E-state index contributed by atoms with van der Waals surface area (Å²) in [7, 11) is 0. The van der Waals surface area contributed by atoms with Gasteiger partial charge in [-0.1, -0.05) is 18.6 Å². The first kappa shape index (κ1) is 9.75. The molecule has 12 heavy (non-hydrogen) atoms. The molecule has 1 unspecified atom stereocenters. The zero-order valence-electron chi connectivity index (χ0n) is 7.97. The zero-order valence-corrected chi connectivity index (χ0v) is 7.97. The maximum Gasteiger partial charge on any atom is 0.0221 e. The summed E-state index contributed by atoms with van der Waals surface area (Å²) in [6.45, 7) is 7.58. The molecule has 0 aromatic rings. The van der Waals surface area contributed by atoms with Crippen molar-refractivity contribution in [2.24, 2.45) is 11.7 Å². The van der Waals surface area contributed by atoms with Gasteiger partial charge in [-0.25, -0.2) is 0 Å². The zero-order chi connectivity index (χ0) is 8.97. The largest absolute Gasteiger partial charge is 0.329 e. The number of nitrogens with two attached hydrogens (primary N) is 1. The van der Waals surface area contributed by atoms with E-state index in [2.05, 4.69) is 11.9 Å². The third-order valence-corrected chi connectivity index (χ3v) is 2.64. The predicted molar refractivity (Wildman–Crippen MR) is 53.0 cm³/mol. The SMILES string of the molecule is C=C(C)CNC(CN)C1CCC1. The van der Waals surface area contributed by atoms with Crippen LogP contribution in [0.25, 0.3) is 0 Å². The standard InChI is InChI=1S/C10H20N2/c1-8(2)7-12-10(6-11)9-4-3-5-9/h9-10,12H,1,3-7,11H2,2H3. The topological polar surface area (TPSA) is 38.0 Å². The van der Waals surface area contributed by atoms with Crippen LogP contribution in [0.3, 0.4) is 0 Å². The molecule has 0 bridgehead atoms. The minimum atomic E-state index is 0.524. The summed E-state index contributed by atoms with van der Waals surface area (Å²) in [6.07, 6.45) is 4.09. The van der Waals surface area contributed by atoms with E-state index in [4.69, 9.17) is 5.73 Å². The molecular weight excluding hydrogens is 148 g/mol. The molecule has 3 N–H and O–H groups in total. The molecular formula is C10H20N2. The summed E-state index contributed by atoms with van der Waals surface area (Å²) in [5.74, 6) is 0.828. The Bertz CT molecular complexity index is 150. The Balaban J connectivity index is 2.20. The number of nitrogens with one attached hydrogen (secondary N) is 1. The molecule has 0 aromatic carbocycles. The van der Waals surface area contributed by atoms with Crippen molar-refractivity contribution in [1.82, 2.24) is 5.32 Å². The van der Waals surface area contributed by atoms with E-state index in [1.165, 1.54) is 24.8 Å². The van der Waals surface area contributed by atoms with Crippen LogP contribution in [0.1, 0.15) is 26.2 Å². The summed E-state index contributed by atoms with van der Waals surface area (Å²) >= 11 is 0. The molecule has 1 aliphatic rings. The molecule has 0 aliphatic heterocycles. The maximum atomic E-state index is 5.68. The van der Waals surface area contributed by atoms with Gasteiger partial charge in [-0.2, -0.15) is 0 Å². The van der Waals surface area contributed by atoms with Gasteiger partial charge in [0, 0.05) is 19.1 Å². The fraction of sp³-hybridized carbons (Fsp3) is 0.800. The Kier molecular flexibility index (Phi) is 3.76. The van der Waals surface area contributed by atoms with E-state index < -0.39 is 0 Å². The van der Waals surface area contributed by atoms with Gasteiger partial charge in [-0.15, -0.1) is 0 Å². The fourth-order valence-electron chi connectivity index (χ4n) is 1.59. The molecule has 2 heteroatoms. The molecule has 1 saturated carbocycles. The Morgan fingerprint density at radius 1 is 1.67 bits per heavy atom. The van der Waals surface area contributed by atoms with Crippen LogP contribution in [-0.2, 0) is 0 Å². The second-order valence-corrected chi connectivity index (χ2v) is 3.87. The second-order valence-electron chi connectivity index (χ2n) is 3.87. The number of hydrogen-bond donors (Lipinski definition) is 2. The van der Waals surface area contributed by atoms with Gasteiger partial charge >= 0.3 is 0 Å². The van der Waals surface area contributed by atoms with E-state index in [0.717, 1.165) is 19.0 Å². The van der Waals surface area contributed by atoms with Gasteiger partial charge in [0.2, 0.25) is 0 Å². The van der Waals surface area contributed by atoms with E-state index in [-0.39, 0.29) is 0 Å². The van der Waals surface area contributed by atoms with Crippen LogP contribution in [-0.4, -0.2) is 19.1 Å². The lowest BCUT2D eigenvalue weighted by atomic mass is 9.79. The highest BCUT2D eigenvalue weighted by Gasteiger charge is 2.25. The highest BCUT2D eigenvalue weighted by Crippen LogP contribution is 2.29. The van der Waals surface area contributed by atoms with Crippen LogP contribution < -0.4 is 11.1 Å². The van der Waals surface area contributed by atoms with Gasteiger partial charge in [-0.05, 0) is 25.7 Å². The van der Waals surface area contributed by atoms with Crippen LogP contribution in [0, 0.1) is 5.92 Å². The number of hydrogen-bond acceptors (Lipinski definition) is 2. The van der Waals surface area contributed by atoms with Crippen molar-refractivity contribution in [3.05, 3.63) is 12.2 Å². The lowest BCUT2D eigenvalue weighted by Gasteiger charge is -2.33. The highest BCUT2D eigenvalue weighted by atomic mass is 14.9. The molecule has 1 aliphatic carbocycles.